The molecule has 0 aromatic heterocycles. The fourth-order valence-electron chi connectivity index (χ4n) is 2.36. The van der Waals surface area contributed by atoms with Crippen LogP contribution in [0.4, 0.5) is 13.6 Å². The van der Waals surface area contributed by atoms with Crippen LogP contribution in [0.5, 0.6) is 0 Å². The quantitative estimate of drug-likeness (QED) is 0.841. The Balaban J connectivity index is 1.94. The molecular weight excluding hydrogens is 252 g/mol. The second kappa shape index (κ2) is 5.55. The first-order chi connectivity index (χ1) is 9.04. The maximum Gasteiger partial charge on any atom is 0.410 e. The molecule has 0 N–H and O–H groups in total. The lowest BCUT2D eigenvalue weighted by Gasteiger charge is -2.25. The molecule has 104 valence electrons. The molecule has 2 rings (SSSR count). The Labute approximate surface area is 111 Å². The van der Waals surface area contributed by atoms with Crippen molar-refractivity contribution in [3.8, 4) is 0 Å². The number of halogens is 2. The number of carbonyl (C=O) groups is 1. The van der Waals surface area contributed by atoms with E-state index in [1.165, 1.54) is 0 Å². The molecule has 0 radical (unpaired) electrons. The Bertz CT molecular complexity index is 436. The third-order valence-electron chi connectivity index (χ3n) is 3.38. The molecule has 1 amide bonds. The van der Waals surface area contributed by atoms with Crippen LogP contribution in [0.1, 0.15) is 25.3 Å². The zero-order chi connectivity index (χ0) is 13.9. The summed E-state index contributed by atoms with van der Waals surface area (Å²) in [6.07, 6.45) is -0.716. The average Bonchev–Trinajstić information content (AvgIpc) is 2.72. The van der Waals surface area contributed by atoms with Gasteiger partial charge in [-0.2, -0.15) is 0 Å². The number of rotatable bonds is 3. The Hall–Kier alpha value is -1.65. The zero-order valence-corrected chi connectivity index (χ0v) is 10.8. The number of hydrogen-bond donors (Lipinski definition) is 0. The lowest BCUT2D eigenvalue weighted by atomic mass is 10.1. The van der Waals surface area contributed by atoms with Crippen LogP contribution in [-0.2, 0) is 11.3 Å². The molecule has 1 aliphatic rings. The van der Waals surface area contributed by atoms with E-state index in [0.717, 1.165) is 10.5 Å². The maximum atomic E-state index is 13.5. The van der Waals surface area contributed by atoms with Crippen LogP contribution in [0.3, 0.4) is 0 Å². The van der Waals surface area contributed by atoms with Crippen LogP contribution >= 0.6 is 0 Å². The summed E-state index contributed by atoms with van der Waals surface area (Å²) in [5.74, 6) is -2.81. The summed E-state index contributed by atoms with van der Waals surface area (Å²) in [4.78, 5) is 13.0. The first-order valence-corrected chi connectivity index (χ1v) is 6.39. The first-order valence-electron chi connectivity index (χ1n) is 6.39. The van der Waals surface area contributed by atoms with Crippen molar-refractivity contribution in [2.24, 2.45) is 0 Å². The minimum Gasteiger partial charge on any atom is -0.445 e. The maximum absolute atomic E-state index is 13.5. The molecule has 1 heterocycles. The van der Waals surface area contributed by atoms with E-state index in [-0.39, 0.29) is 26.0 Å². The second-order valence-corrected chi connectivity index (χ2v) is 4.67. The normalized spacial score (nSPS) is 21.4. The van der Waals surface area contributed by atoms with Gasteiger partial charge in [0.2, 0.25) is 0 Å². The summed E-state index contributed by atoms with van der Waals surface area (Å²) in [5, 5.41) is 0. The second-order valence-electron chi connectivity index (χ2n) is 4.67. The molecule has 0 aliphatic carbocycles. The third-order valence-corrected chi connectivity index (χ3v) is 3.38. The summed E-state index contributed by atoms with van der Waals surface area (Å²) in [5.41, 5.74) is 0.842. The van der Waals surface area contributed by atoms with Gasteiger partial charge in [-0.3, -0.25) is 4.90 Å². The van der Waals surface area contributed by atoms with Crippen LogP contribution in [0, 0.1) is 0 Å². The van der Waals surface area contributed by atoms with E-state index in [0.29, 0.717) is 0 Å². The molecule has 1 aliphatic heterocycles. The SMILES string of the molecule is CC[C@H]1N(C(=O)OCc2ccccc2)CCC1(F)F. The van der Waals surface area contributed by atoms with Crippen molar-refractivity contribution in [1.29, 1.82) is 0 Å². The van der Waals surface area contributed by atoms with Gasteiger partial charge < -0.3 is 4.74 Å². The van der Waals surface area contributed by atoms with Gasteiger partial charge in [0, 0.05) is 13.0 Å². The fraction of sp³-hybridized carbons (Fsp3) is 0.500. The first kappa shape index (κ1) is 13.8. The molecule has 19 heavy (non-hydrogen) atoms. The summed E-state index contributed by atoms with van der Waals surface area (Å²) in [7, 11) is 0. The number of likely N-dealkylation sites (tertiary alicyclic amines) is 1. The topological polar surface area (TPSA) is 29.5 Å². The van der Waals surface area contributed by atoms with Gasteiger partial charge in [0.05, 0.1) is 6.04 Å². The highest BCUT2D eigenvalue weighted by atomic mass is 19.3. The smallest absolute Gasteiger partial charge is 0.410 e. The van der Waals surface area contributed by atoms with Crippen molar-refractivity contribution in [3.63, 3.8) is 0 Å². The molecule has 1 atom stereocenters. The van der Waals surface area contributed by atoms with Gasteiger partial charge in [-0.15, -0.1) is 0 Å². The monoisotopic (exact) mass is 269 g/mol. The highest BCUT2D eigenvalue weighted by Gasteiger charge is 2.50. The van der Waals surface area contributed by atoms with Crippen LogP contribution in [-0.4, -0.2) is 29.5 Å². The van der Waals surface area contributed by atoms with Crippen LogP contribution in [0.25, 0.3) is 0 Å². The molecule has 1 aromatic carbocycles. The van der Waals surface area contributed by atoms with E-state index >= 15 is 0 Å². The van der Waals surface area contributed by atoms with E-state index < -0.39 is 18.1 Å². The molecule has 0 bridgehead atoms. The van der Waals surface area contributed by atoms with Crippen molar-refractivity contribution < 1.29 is 18.3 Å². The molecule has 1 saturated heterocycles. The molecule has 1 aromatic rings. The van der Waals surface area contributed by atoms with E-state index in [9.17, 15) is 13.6 Å². The van der Waals surface area contributed by atoms with Gasteiger partial charge in [-0.25, -0.2) is 13.6 Å². The summed E-state index contributed by atoms with van der Waals surface area (Å²) >= 11 is 0. The van der Waals surface area contributed by atoms with Crippen molar-refractivity contribution in [2.45, 2.75) is 38.3 Å². The van der Waals surface area contributed by atoms with Crippen molar-refractivity contribution >= 4 is 6.09 Å². The number of nitrogens with zero attached hydrogens (tertiary/aromatic N) is 1. The highest BCUT2D eigenvalue weighted by Crippen LogP contribution is 2.36. The number of hydrogen-bond acceptors (Lipinski definition) is 2. The van der Waals surface area contributed by atoms with Crippen molar-refractivity contribution in [2.75, 3.05) is 6.54 Å². The fourth-order valence-corrected chi connectivity index (χ4v) is 2.36. The summed E-state index contributed by atoms with van der Waals surface area (Å²) < 4.78 is 32.2. The lowest BCUT2D eigenvalue weighted by molar-refractivity contribution is -0.0338. The van der Waals surface area contributed by atoms with E-state index in [2.05, 4.69) is 0 Å². The predicted molar refractivity (Wildman–Crippen MR) is 67.0 cm³/mol. The molecular formula is C14H17F2NO2. The molecule has 0 unspecified atom stereocenters. The number of alkyl halides is 2. The minimum atomic E-state index is -2.81. The molecule has 3 nitrogen and oxygen atoms in total. The number of benzene rings is 1. The van der Waals surface area contributed by atoms with Gasteiger partial charge >= 0.3 is 6.09 Å². The van der Waals surface area contributed by atoms with Gasteiger partial charge in [0.1, 0.15) is 6.61 Å². The Morgan fingerprint density at radius 1 is 1.42 bits per heavy atom. The van der Waals surface area contributed by atoms with Gasteiger partial charge in [-0.05, 0) is 12.0 Å². The number of ether oxygens (including phenoxy) is 1. The Morgan fingerprint density at radius 2 is 2.11 bits per heavy atom. The van der Waals surface area contributed by atoms with Crippen LogP contribution < -0.4 is 0 Å². The Kier molecular flexibility index (Phi) is 4.02. The largest absolute Gasteiger partial charge is 0.445 e. The van der Waals surface area contributed by atoms with Gasteiger partial charge in [0.25, 0.3) is 5.92 Å². The zero-order valence-electron chi connectivity index (χ0n) is 10.8. The van der Waals surface area contributed by atoms with Crippen molar-refractivity contribution in [1.82, 2.24) is 4.90 Å². The van der Waals surface area contributed by atoms with E-state index in [4.69, 9.17) is 4.74 Å². The average molecular weight is 269 g/mol. The Morgan fingerprint density at radius 3 is 2.74 bits per heavy atom. The standard InChI is InChI=1S/C14H17F2NO2/c1-2-12-14(15,16)8-9-17(12)13(18)19-10-11-6-4-3-5-7-11/h3-7,12H,2,8-10H2,1H3/t12-/m1/s1. The highest BCUT2D eigenvalue weighted by molar-refractivity contribution is 5.68. The van der Waals surface area contributed by atoms with Crippen molar-refractivity contribution in [3.05, 3.63) is 35.9 Å². The summed E-state index contributed by atoms with van der Waals surface area (Å²) in [6.45, 7) is 1.82. The van der Waals surface area contributed by atoms with Gasteiger partial charge in [-0.1, -0.05) is 37.3 Å². The number of amides is 1. The predicted octanol–water partition coefficient (Wildman–Crippen LogP) is 3.44. The number of carbonyl (C=O) groups excluding carboxylic acids is 1. The van der Waals surface area contributed by atoms with E-state index in [1.807, 2.05) is 30.3 Å². The van der Waals surface area contributed by atoms with Gasteiger partial charge in [0.15, 0.2) is 0 Å². The van der Waals surface area contributed by atoms with Crippen LogP contribution in [0.15, 0.2) is 30.3 Å². The van der Waals surface area contributed by atoms with E-state index in [1.54, 1.807) is 6.92 Å². The molecule has 1 fully saturated rings. The minimum absolute atomic E-state index is 0.0547. The molecule has 0 saturated carbocycles. The third kappa shape index (κ3) is 3.03. The summed E-state index contributed by atoms with van der Waals surface area (Å²) in [6, 6.07) is 8.13. The molecule has 5 heteroatoms. The van der Waals surface area contributed by atoms with Crippen LogP contribution in [0.2, 0.25) is 0 Å². The molecule has 0 spiro atoms. The lowest BCUT2D eigenvalue weighted by Crippen LogP contribution is -2.42.